The van der Waals surface area contributed by atoms with Gasteiger partial charge in [-0.1, -0.05) is 225 Å². The molecule has 0 aromatic carbocycles. The fraction of sp³-hybridized carbons (Fsp3) is 0.627. The number of unbranched alkanes of at least 4 members (excludes halogenated alkanes) is 19. The van der Waals surface area contributed by atoms with E-state index in [-0.39, 0.29) is 31.1 Å². The van der Waals surface area contributed by atoms with E-state index < -0.39 is 6.10 Å². The van der Waals surface area contributed by atoms with E-state index in [2.05, 4.69) is 154 Å². The van der Waals surface area contributed by atoms with Gasteiger partial charge < -0.3 is 14.2 Å². The van der Waals surface area contributed by atoms with Gasteiger partial charge in [0.25, 0.3) is 0 Å². The van der Waals surface area contributed by atoms with Crippen molar-refractivity contribution >= 4 is 17.9 Å². The molecule has 0 aliphatic rings. The minimum absolute atomic E-state index is 0.113. The first kappa shape index (κ1) is 68.6. The Morgan fingerprint density at radius 1 is 0.288 bits per heavy atom. The molecule has 0 aromatic heterocycles. The van der Waals surface area contributed by atoms with Crippen LogP contribution in [0.2, 0.25) is 0 Å². The van der Waals surface area contributed by atoms with Gasteiger partial charge in [0.15, 0.2) is 6.10 Å². The Balaban J connectivity index is 4.55. The molecule has 0 amide bonds. The summed E-state index contributed by atoms with van der Waals surface area (Å²) in [5.74, 6) is -0.983. The van der Waals surface area contributed by atoms with Crippen LogP contribution in [0.25, 0.3) is 0 Å². The Morgan fingerprint density at radius 2 is 0.534 bits per heavy atom. The van der Waals surface area contributed by atoms with Crippen LogP contribution in [0.5, 0.6) is 0 Å². The molecule has 0 radical (unpaired) electrons. The maximum absolute atomic E-state index is 12.9. The third-order valence-corrected chi connectivity index (χ3v) is 12.1. The molecule has 6 nitrogen and oxygen atoms in total. The molecule has 0 bridgehead atoms. The minimum atomic E-state index is -0.816. The van der Waals surface area contributed by atoms with Crippen LogP contribution in [0, 0.1) is 0 Å². The van der Waals surface area contributed by atoms with Gasteiger partial charge >= 0.3 is 17.9 Å². The average Bonchev–Trinajstić information content (AvgIpc) is 3.39. The number of carbonyl (C=O) groups is 3. The SMILES string of the molecule is CC/C=C\C/C=C\C/C=C\C/C=C\C/C=C\CCCCCC(=O)OC[C@H](COC(=O)CCCCC/C=C\C/C=C\C/C=C\C/C=C\CCCCC)OC(=O)CCCCCCCCC/C=C\C/C=C\CCCCC. The number of carbonyl (C=O) groups excluding carboxylic acids is 3. The number of rotatable bonds is 52. The fourth-order valence-corrected chi connectivity index (χ4v) is 7.66. The molecule has 412 valence electrons. The van der Waals surface area contributed by atoms with Gasteiger partial charge in [0.1, 0.15) is 13.2 Å². The highest BCUT2D eigenvalue weighted by molar-refractivity contribution is 5.71. The van der Waals surface area contributed by atoms with Gasteiger partial charge in [-0.3, -0.25) is 14.4 Å². The van der Waals surface area contributed by atoms with E-state index in [1.165, 1.54) is 77.0 Å². The second-order valence-electron chi connectivity index (χ2n) is 19.2. The smallest absolute Gasteiger partial charge is 0.306 e. The van der Waals surface area contributed by atoms with Crippen molar-refractivity contribution in [1.29, 1.82) is 0 Å². The van der Waals surface area contributed by atoms with Crippen molar-refractivity contribution in [3.8, 4) is 0 Å². The molecule has 0 aliphatic carbocycles. The summed E-state index contributed by atoms with van der Waals surface area (Å²) in [5.41, 5.74) is 0. The number of hydrogen-bond acceptors (Lipinski definition) is 6. The molecule has 0 N–H and O–H groups in total. The quantitative estimate of drug-likeness (QED) is 0.0261. The minimum Gasteiger partial charge on any atom is -0.462 e. The van der Waals surface area contributed by atoms with Crippen molar-refractivity contribution in [2.24, 2.45) is 0 Å². The van der Waals surface area contributed by atoms with Crippen LogP contribution in [0.1, 0.15) is 252 Å². The summed E-state index contributed by atoms with van der Waals surface area (Å²) in [4.78, 5) is 38.2. The Morgan fingerprint density at radius 3 is 0.849 bits per heavy atom. The fourth-order valence-electron chi connectivity index (χ4n) is 7.66. The number of hydrogen-bond donors (Lipinski definition) is 0. The normalized spacial score (nSPS) is 13.1. The molecular formula is C67H108O6. The third kappa shape index (κ3) is 58.3. The topological polar surface area (TPSA) is 78.9 Å². The van der Waals surface area contributed by atoms with E-state index in [1.807, 2.05) is 0 Å². The second kappa shape index (κ2) is 60.1. The predicted molar refractivity (Wildman–Crippen MR) is 316 cm³/mol. The molecule has 6 heteroatoms. The van der Waals surface area contributed by atoms with Crippen LogP contribution in [0.4, 0.5) is 0 Å². The number of esters is 3. The summed E-state index contributed by atoms with van der Waals surface area (Å²) < 4.78 is 16.8. The first-order valence-electron chi connectivity index (χ1n) is 29.7. The van der Waals surface area contributed by atoms with Crippen molar-refractivity contribution in [2.75, 3.05) is 13.2 Å². The lowest BCUT2D eigenvalue weighted by Gasteiger charge is -2.18. The van der Waals surface area contributed by atoms with Crippen LogP contribution >= 0.6 is 0 Å². The van der Waals surface area contributed by atoms with E-state index in [4.69, 9.17) is 14.2 Å². The molecule has 0 unspecified atom stereocenters. The van der Waals surface area contributed by atoms with E-state index in [0.29, 0.717) is 19.3 Å². The monoisotopic (exact) mass is 1010 g/mol. The van der Waals surface area contributed by atoms with Crippen LogP contribution in [0.3, 0.4) is 0 Å². The number of allylic oxidation sites excluding steroid dienone is 22. The molecule has 0 spiro atoms. The molecule has 0 fully saturated rings. The summed E-state index contributed by atoms with van der Waals surface area (Å²) in [6.45, 7) is 6.41. The highest BCUT2D eigenvalue weighted by Gasteiger charge is 2.19. The van der Waals surface area contributed by atoms with Gasteiger partial charge in [-0.25, -0.2) is 0 Å². The molecule has 0 saturated heterocycles. The maximum atomic E-state index is 12.9. The van der Waals surface area contributed by atoms with Crippen LogP contribution in [-0.4, -0.2) is 37.2 Å². The van der Waals surface area contributed by atoms with Crippen LogP contribution in [0.15, 0.2) is 134 Å². The highest BCUT2D eigenvalue weighted by Crippen LogP contribution is 2.13. The lowest BCUT2D eigenvalue weighted by Crippen LogP contribution is -2.30. The lowest BCUT2D eigenvalue weighted by atomic mass is 10.1. The Bertz CT molecular complexity index is 1580. The molecule has 73 heavy (non-hydrogen) atoms. The summed E-state index contributed by atoms with van der Waals surface area (Å²) in [7, 11) is 0. The molecule has 0 rings (SSSR count). The van der Waals surface area contributed by atoms with Gasteiger partial charge in [0, 0.05) is 19.3 Å². The van der Waals surface area contributed by atoms with E-state index in [1.54, 1.807) is 0 Å². The van der Waals surface area contributed by atoms with Crippen molar-refractivity contribution in [3.05, 3.63) is 134 Å². The van der Waals surface area contributed by atoms with Gasteiger partial charge in [-0.05, 0) is 141 Å². The van der Waals surface area contributed by atoms with E-state index >= 15 is 0 Å². The summed E-state index contributed by atoms with van der Waals surface area (Å²) in [5, 5.41) is 0. The highest BCUT2D eigenvalue weighted by atomic mass is 16.6. The summed E-state index contributed by atoms with van der Waals surface area (Å²) >= 11 is 0. The third-order valence-electron chi connectivity index (χ3n) is 12.1. The zero-order valence-electron chi connectivity index (χ0n) is 47.1. The molecule has 0 saturated carbocycles. The van der Waals surface area contributed by atoms with Crippen LogP contribution in [-0.2, 0) is 28.6 Å². The Kier molecular flexibility index (Phi) is 56.4. The largest absolute Gasteiger partial charge is 0.462 e. The van der Waals surface area contributed by atoms with Crippen molar-refractivity contribution in [2.45, 2.75) is 258 Å². The molecule has 1 atom stereocenters. The van der Waals surface area contributed by atoms with E-state index in [9.17, 15) is 14.4 Å². The van der Waals surface area contributed by atoms with Crippen molar-refractivity contribution < 1.29 is 28.6 Å². The Hall–Kier alpha value is -4.45. The lowest BCUT2D eigenvalue weighted by molar-refractivity contribution is -0.167. The first-order valence-corrected chi connectivity index (χ1v) is 29.7. The molecule has 0 aromatic rings. The average molecular weight is 1010 g/mol. The second-order valence-corrected chi connectivity index (χ2v) is 19.2. The zero-order chi connectivity index (χ0) is 52.9. The number of ether oxygens (including phenoxy) is 3. The molecule has 0 aliphatic heterocycles. The van der Waals surface area contributed by atoms with Gasteiger partial charge in [0.05, 0.1) is 0 Å². The zero-order valence-corrected chi connectivity index (χ0v) is 47.1. The predicted octanol–water partition coefficient (Wildman–Crippen LogP) is 20.2. The van der Waals surface area contributed by atoms with Crippen molar-refractivity contribution in [1.82, 2.24) is 0 Å². The molecule has 0 heterocycles. The summed E-state index contributed by atoms with van der Waals surface area (Å²) in [6, 6.07) is 0. The van der Waals surface area contributed by atoms with E-state index in [0.717, 1.165) is 135 Å². The maximum Gasteiger partial charge on any atom is 0.306 e. The summed E-state index contributed by atoms with van der Waals surface area (Å²) in [6.07, 6.45) is 84.3. The first-order chi connectivity index (χ1) is 36.0. The standard InChI is InChI=1S/C67H108O6/c1-4-7-10-13-16-19-22-25-28-31-33-36-38-41-44-47-50-53-56-59-65(68)71-62-64(73-67(70)61-58-55-52-49-46-43-40-35-30-27-24-21-18-15-12-9-6-3)63-72-66(69)60-57-54-51-48-45-42-39-37-34-32-29-26-23-20-17-14-11-8-5-2/h7,10,16-21,25-30,33-34,36-37,41-42,44-45,64H,4-6,8-9,11-15,22-24,31-32,35,38-40,43,46-63H2,1-3H3/b10-7-,19-16-,20-17-,21-18-,28-25-,29-26-,30-27-,36-33-,37-34-,44-41-,45-42-/t64-/m1/s1. The van der Waals surface area contributed by atoms with Gasteiger partial charge in [-0.15, -0.1) is 0 Å². The van der Waals surface area contributed by atoms with Crippen molar-refractivity contribution in [3.63, 3.8) is 0 Å². The molecular weight excluding hydrogens is 901 g/mol. The van der Waals surface area contributed by atoms with Crippen LogP contribution < -0.4 is 0 Å². The van der Waals surface area contributed by atoms with Gasteiger partial charge in [0.2, 0.25) is 0 Å². The Labute approximate surface area is 449 Å². The van der Waals surface area contributed by atoms with Gasteiger partial charge in [-0.2, -0.15) is 0 Å².